The molecule has 0 saturated carbocycles. The second-order valence-electron chi connectivity index (χ2n) is 4.58. The molecule has 0 radical (unpaired) electrons. The van der Waals surface area contributed by atoms with Crippen molar-refractivity contribution in [2.45, 2.75) is 13.0 Å². The van der Waals surface area contributed by atoms with Crippen molar-refractivity contribution in [3.8, 4) is 5.75 Å². The number of carbonyl (C=O) groups is 1. The van der Waals surface area contributed by atoms with Gasteiger partial charge >= 0.3 is 5.97 Å². The molecule has 0 atom stereocenters. The zero-order valence-electron chi connectivity index (χ0n) is 11.2. The lowest BCUT2D eigenvalue weighted by atomic mass is 10.1. The van der Waals surface area contributed by atoms with Crippen LogP contribution < -0.4 is 4.74 Å². The Kier molecular flexibility index (Phi) is 3.83. The van der Waals surface area contributed by atoms with Gasteiger partial charge in [-0.2, -0.15) is 0 Å². The van der Waals surface area contributed by atoms with Crippen molar-refractivity contribution in [2.75, 3.05) is 0 Å². The predicted octanol–water partition coefficient (Wildman–Crippen LogP) is 3.50. The number of carboxylic acids is 1. The molecule has 0 fully saturated rings. The van der Waals surface area contributed by atoms with E-state index < -0.39 is 5.97 Å². The minimum atomic E-state index is -0.835. The van der Waals surface area contributed by atoms with Crippen molar-refractivity contribution in [3.63, 3.8) is 0 Å². The lowest BCUT2D eigenvalue weighted by Crippen LogP contribution is -2.00. The smallest absolute Gasteiger partial charge is 0.307 e. The molecule has 1 N–H and O–H groups in total. The first kappa shape index (κ1) is 13.6. The average Bonchev–Trinajstić information content (AvgIpc) is 2.89. The zero-order valence-corrected chi connectivity index (χ0v) is 12.0. The molecule has 2 aromatic carbocycles. The molecule has 0 spiro atoms. The van der Waals surface area contributed by atoms with Gasteiger partial charge < -0.3 is 9.84 Å². The number of rotatable bonds is 5. The van der Waals surface area contributed by atoms with Gasteiger partial charge in [-0.3, -0.25) is 4.79 Å². The SMILES string of the molecule is O=C(O)Cc1ccc(OCc2nc3ccccc3s2)cc1. The minimum absolute atomic E-state index is 0.0259. The fourth-order valence-corrected chi connectivity index (χ4v) is 2.89. The largest absolute Gasteiger partial charge is 0.486 e. The van der Waals surface area contributed by atoms with Crippen molar-refractivity contribution in [2.24, 2.45) is 0 Å². The molecule has 0 saturated heterocycles. The van der Waals surface area contributed by atoms with Crippen LogP contribution in [0.2, 0.25) is 0 Å². The number of aromatic nitrogens is 1. The van der Waals surface area contributed by atoms with E-state index in [0.717, 1.165) is 20.8 Å². The Balaban J connectivity index is 1.65. The first-order valence-electron chi connectivity index (χ1n) is 6.49. The standard InChI is InChI=1S/C16H13NO3S/c18-16(19)9-11-5-7-12(8-6-11)20-10-15-17-13-3-1-2-4-14(13)21-15/h1-8H,9-10H2,(H,18,19). The summed E-state index contributed by atoms with van der Waals surface area (Å²) in [6, 6.07) is 15.1. The van der Waals surface area contributed by atoms with E-state index in [0.29, 0.717) is 12.4 Å². The number of ether oxygens (including phenoxy) is 1. The Bertz CT molecular complexity index is 732. The normalized spacial score (nSPS) is 10.7. The molecule has 0 aliphatic heterocycles. The number of hydrogen-bond acceptors (Lipinski definition) is 4. The second-order valence-corrected chi connectivity index (χ2v) is 5.69. The number of nitrogens with zero attached hydrogens (tertiary/aromatic N) is 1. The maximum atomic E-state index is 10.6. The molecule has 0 amide bonds. The van der Waals surface area contributed by atoms with Gasteiger partial charge in [-0.1, -0.05) is 24.3 Å². The highest BCUT2D eigenvalue weighted by molar-refractivity contribution is 7.18. The lowest BCUT2D eigenvalue weighted by molar-refractivity contribution is -0.136. The number of thiazole rings is 1. The molecular weight excluding hydrogens is 286 g/mol. The van der Waals surface area contributed by atoms with Crippen LogP contribution in [0.15, 0.2) is 48.5 Å². The second kappa shape index (κ2) is 5.93. The molecule has 3 rings (SSSR count). The molecule has 0 unspecified atom stereocenters. The number of fused-ring (bicyclic) bond motifs is 1. The number of hydrogen-bond donors (Lipinski definition) is 1. The molecule has 0 bridgehead atoms. The van der Waals surface area contributed by atoms with Gasteiger partial charge in [0, 0.05) is 0 Å². The third-order valence-electron chi connectivity index (χ3n) is 2.98. The van der Waals surface area contributed by atoms with Crippen LogP contribution in [0, 0.1) is 0 Å². The lowest BCUT2D eigenvalue weighted by Gasteiger charge is -2.04. The maximum Gasteiger partial charge on any atom is 0.307 e. The Morgan fingerprint density at radius 2 is 1.90 bits per heavy atom. The van der Waals surface area contributed by atoms with E-state index in [9.17, 15) is 4.79 Å². The molecule has 0 aliphatic carbocycles. The Labute approximate surface area is 125 Å². The van der Waals surface area contributed by atoms with Crippen molar-refractivity contribution >= 4 is 27.5 Å². The van der Waals surface area contributed by atoms with Gasteiger partial charge in [0.25, 0.3) is 0 Å². The summed E-state index contributed by atoms with van der Waals surface area (Å²) in [5, 5.41) is 9.64. The number of carboxylic acid groups (broad SMARTS) is 1. The Morgan fingerprint density at radius 1 is 1.14 bits per heavy atom. The summed E-state index contributed by atoms with van der Waals surface area (Å²) in [7, 11) is 0. The van der Waals surface area contributed by atoms with E-state index in [1.165, 1.54) is 0 Å². The molecular formula is C16H13NO3S. The van der Waals surface area contributed by atoms with E-state index in [-0.39, 0.29) is 6.42 Å². The monoisotopic (exact) mass is 299 g/mol. The van der Waals surface area contributed by atoms with Gasteiger partial charge in [-0.25, -0.2) is 4.98 Å². The summed E-state index contributed by atoms with van der Waals surface area (Å²) in [6.07, 6.45) is 0.0259. The summed E-state index contributed by atoms with van der Waals surface area (Å²) in [4.78, 5) is 15.1. The van der Waals surface area contributed by atoms with Crippen LogP contribution in [-0.4, -0.2) is 16.1 Å². The first-order valence-corrected chi connectivity index (χ1v) is 7.30. The van der Waals surface area contributed by atoms with Gasteiger partial charge in [0.1, 0.15) is 17.4 Å². The van der Waals surface area contributed by atoms with Gasteiger partial charge in [0.05, 0.1) is 16.6 Å². The highest BCUT2D eigenvalue weighted by Gasteiger charge is 2.05. The fraction of sp³-hybridized carbons (Fsp3) is 0.125. The summed E-state index contributed by atoms with van der Waals surface area (Å²) in [5.41, 5.74) is 1.74. The number of para-hydroxylation sites is 1. The van der Waals surface area contributed by atoms with Gasteiger partial charge in [-0.15, -0.1) is 11.3 Å². The van der Waals surface area contributed by atoms with Gasteiger partial charge in [-0.05, 0) is 29.8 Å². The van der Waals surface area contributed by atoms with Gasteiger partial charge in [0.2, 0.25) is 0 Å². The summed E-state index contributed by atoms with van der Waals surface area (Å²) in [5.74, 6) is -0.124. The third kappa shape index (κ3) is 3.38. The van der Waals surface area contributed by atoms with Crippen LogP contribution in [0.25, 0.3) is 10.2 Å². The summed E-state index contributed by atoms with van der Waals surface area (Å²) in [6.45, 7) is 0.414. The molecule has 3 aromatic rings. The van der Waals surface area contributed by atoms with Gasteiger partial charge in [0.15, 0.2) is 0 Å². The van der Waals surface area contributed by atoms with Crippen LogP contribution in [0.4, 0.5) is 0 Å². The molecule has 0 aliphatic rings. The van der Waals surface area contributed by atoms with Crippen LogP contribution in [0.1, 0.15) is 10.6 Å². The minimum Gasteiger partial charge on any atom is -0.486 e. The van der Waals surface area contributed by atoms with E-state index in [1.54, 1.807) is 35.6 Å². The first-order chi connectivity index (χ1) is 10.2. The number of benzene rings is 2. The number of aliphatic carboxylic acids is 1. The third-order valence-corrected chi connectivity index (χ3v) is 3.99. The average molecular weight is 299 g/mol. The highest BCUT2D eigenvalue weighted by Crippen LogP contribution is 2.23. The van der Waals surface area contributed by atoms with Crippen molar-refractivity contribution < 1.29 is 14.6 Å². The highest BCUT2D eigenvalue weighted by atomic mass is 32.1. The zero-order chi connectivity index (χ0) is 14.7. The van der Waals surface area contributed by atoms with Crippen molar-refractivity contribution in [1.82, 2.24) is 4.98 Å². The van der Waals surface area contributed by atoms with Crippen LogP contribution >= 0.6 is 11.3 Å². The van der Waals surface area contributed by atoms with E-state index >= 15 is 0 Å². The molecule has 5 heteroatoms. The van der Waals surface area contributed by atoms with Crippen LogP contribution in [-0.2, 0) is 17.8 Å². The fourth-order valence-electron chi connectivity index (χ4n) is 2.00. The van der Waals surface area contributed by atoms with Crippen molar-refractivity contribution in [1.29, 1.82) is 0 Å². The predicted molar refractivity (Wildman–Crippen MR) is 81.7 cm³/mol. The summed E-state index contributed by atoms with van der Waals surface area (Å²) < 4.78 is 6.83. The summed E-state index contributed by atoms with van der Waals surface area (Å²) >= 11 is 1.61. The van der Waals surface area contributed by atoms with E-state index in [1.807, 2.05) is 24.3 Å². The molecule has 1 heterocycles. The quantitative estimate of drug-likeness (QED) is 0.783. The topological polar surface area (TPSA) is 59.4 Å². The molecule has 1 aromatic heterocycles. The Morgan fingerprint density at radius 3 is 2.62 bits per heavy atom. The molecule has 21 heavy (non-hydrogen) atoms. The maximum absolute atomic E-state index is 10.6. The Hall–Kier alpha value is -2.40. The van der Waals surface area contributed by atoms with E-state index in [4.69, 9.17) is 9.84 Å². The molecule has 106 valence electrons. The molecule has 4 nitrogen and oxygen atoms in total. The van der Waals surface area contributed by atoms with E-state index in [2.05, 4.69) is 4.98 Å². The van der Waals surface area contributed by atoms with Crippen LogP contribution in [0.3, 0.4) is 0 Å². The van der Waals surface area contributed by atoms with Crippen LogP contribution in [0.5, 0.6) is 5.75 Å². The van der Waals surface area contributed by atoms with Crippen molar-refractivity contribution in [3.05, 3.63) is 59.1 Å².